The fourth-order valence-electron chi connectivity index (χ4n) is 1.97. The Morgan fingerprint density at radius 1 is 1.42 bits per heavy atom. The minimum absolute atomic E-state index is 0.0476. The van der Waals surface area contributed by atoms with E-state index in [-0.39, 0.29) is 18.2 Å². The largest absolute Gasteiger partial charge is 0.506 e. The number of halogens is 1. The van der Waals surface area contributed by atoms with Crippen molar-refractivity contribution in [2.24, 2.45) is 0 Å². The molecule has 1 heterocycles. The van der Waals surface area contributed by atoms with Crippen LogP contribution in [0, 0.1) is 0 Å². The number of hydrogen-bond acceptors (Lipinski definition) is 4. The molecule has 1 fully saturated rings. The number of ether oxygens (including phenoxy) is 2. The lowest BCUT2D eigenvalue weighted by molar-refractivity contribution is -0.0156. The van der Waals surface area contributed by atoms with E-state index in [4.69, 9.17) is 14.6 Å². The van der Waals surface area contributed by atoms with Gasteiger partial charge in [0.2, 0.25) is 0 Å². The van der Waals surface area contributed by atoms with Crippen molar-refractivity contribution in [3.63, 3.8) is 0 Å². The van der Waals surface area contributed by atoms with Gasteiger partial charge in [0.1, 0.15) is 11.7 Å². The van der Waals surface area contributed by atoms with E-state index in [1.54, 1.807) is 4.90 Å². The lowest BCUT2D eigenvalue weighted by atomic mass is 10.0. The molecule has 6 nitrogen and oxygen atoms in total. The van der Waals surface area contributed by atoms with Gasteiger partial charge in [0, 0.05) is 29.9 Å². The van der Waals surface area contributed by atoms with Crippen molar-refractivity contribution in [1.29, 1.82) is 0 Å². The first-order chi connectivity index (χ1) is 8.73. The van der Waals surface area contributed by atoms with E-state index in [0.29, 0.717) is 19.4 Å². The number of piperidine rings is 1. The van der Waals surface area contributed by atoms with E-state index in [2.05, 4.69) is 22.6 Å². The second-order valence-electron chi connectivity index (χ2n) is 5.51. The zero-order valence-electron chi connectivity index (χ0n) is 11.4. The molecule has 19 heavy (non-hydrogen) atoms. The fourth-order valence-corrected chi connectivity index (χ4v) is 2.81. The molecule has 1 saturated heterocycles. The molecule has 1 amide bonds. The van der Waals surface area contributed by atoms with E-state index in [1.165, 1.54) is 0 Å². The molecule has 0 aromatic carbocycles. The summed E-state index contributed by atoms with van der Waals surface area (Å²) in [5.41, 5.74) is -0.526. The minimum Gasteiger partial charge on any atom is -0.450 e. The highest BCUT2D eigenvalue weighted by atomic mass is 127. The maximum absolute atomic E-state index is 12.1. The normalized spacial score (nSPS) is 23.9. The third kappa shape index (κ3) is 5.42. The van der Waals surface area contributed by atoms with Gasteiger partial charge < -0.3 is 19.5 Å². The molecule has 2 atom stereocenters. The van der Waals surface area contributed by atoms with Gasteiger partial charge >= 0.3 is 12.2 Å². The van der Waals surface area contributed by atoms with Crippen molar-refractivity contribution < 1.29 is 24.2 Å². The van der Waals surface area contributed by atoms with Gasteiger partial charge in [-0.3, -0.25) is 0 Å². The Bertz CT molecular complexity index is 342. The number of hydrogen-bond donors (Lipinski definition) is 1. The number of alkyl halides is 1. The highest BCUT2D eigenvalue weighted by Gasteiger charge is 2.35. The Morgan fingerprint density at radius 3 is 2.53 bits per heavy atom. The van der Waals surface area contributed by atoms with Crippen molar-refractivity contribution >= 4 is 34.8 Å². The number of carboxylic acid groups (broad SMARTS) is 1. The number of likely N-dealkylation sites (tertiary alicyclic amines) is 1. The average Bonchev–Trinajstić information content (AvgIpc) is 2.25. The van der Waals surface area contributed by atoms with Crippen LogP contribution in [0.2, 0.25) is 0 Å². The molecule has 0 aromatic heterocycles. The van der Waals surface area contributed by atoms with Crippen molar-refractivity contribution in [1.82, 2.24) is 4.90 Å². The molecule has 0 saturated carbocycles. The monoisotopic (exact) mass is 385 g/mol. The predicted molar refractivity (Wildman–Crippen MR) is 77.7 cm³/mol. The molecule has 0 aromatic rings. The molecule has 1 aliphatic heterocycles. The number of rotatable bonds is 2. The number of carbonyl (C=O) groups excluding carboxylic acids is 1. The highest BCUT2D eigenvalue weighted by Crippen LogP contribution is 2.24. The van der Waals surface area contributed by atoms with Crippen LogP contribution in [-0.2, 0) is 9.47 Å². The summed E-state index contributed by atoms with van der Waals surface area (Å²) < 4.78 is 10.9. The van der Waals surface area contributed by atoms with Crippen molar-refractivity contribution in [3.05, 3.63) is 0 Å². The first-order valence-corrected chi connectivity index (χ1v) is 7.70. The van der Waals surface area contributed by atoms with Crippen LogP contribution >= 0.6 is 22.6 Å². The van der Waals surface area contributed by atoms with Crippen LogP contribution in [0.25, 0.3) is 0 Å². The van der Waals surface area contributed by atoms with Gasteiger partial charge in [-0.25, -0.2) is 9.59 Å². The van der Waals surface area contributed by atoms with Gasteiger partial charge in [0.05, 0.1) is 0 Å². The molecule has 7 heteroatoms. The van der Waals surface area contributed by atoms with Gasteiger partial charge in [-0.05, 0) is 20.8 Å². The van der Waals surface area contributed by atoms with Crippen LogP contribution < -0.4 is 0 Å². The predicted octanol–water partition coefficient (Wildman–Crippen LogP) is 2.88. The summed E-state index contributed by atoms with van der Waals surface area (Å²) in [4.78, 5) is 24.3. The summed E-state index contributed by atoms with van der Waals surface area (Å²) >= 11 is 2.18. The summed E-state index contributed by atoms with van der Waals surface area (Å²) in [5.74, 6) is 0. The molecule has 0 aliphatic carbocycles. The Kier molecular flexibility index (Phi) is 5.69. The second kappa shape index (κ2) is 6.62. The van der Waals surface area contributed by atoms with Gasteiger partial charge in [-0.2, -0.15) is 0 Å². The Hall–Kier alpha value is -0.730. The van der Waals surface area contributed by atoms with Crippen LogP contribution in [0.15, 0.2) is 0 Å². The minimum atomic E-state index is -1.26. The van der Waals surface area contributed by atoms with Crippen LogP contribution in [0.1, 0.15) is 33.6 Å². The molecule has 1 N–H and O–H groups in total. The maximum atomic E-state index is 12.1. The van der Waals surface area contributed by atoms with Crippen molar-refractivity contribution in [2.45, 2.75) is 51.4 Å². The average molecular weight is 385 g/mol. The van der Waals surface area contributed by atoms with E-state index >= 15 is 0 Å². The zero-order valence-corrected chi connectivity index (χ0v) is 13.5. The molecular formula is C12H20INO5. The van der Waals surface area contributed by atoms with E-state index in [0.717, 1.165) is 4.43 Å². The van der Waals surface area contributed by atoms with Gasteiger partial charge in [0.25, 0.3) is 0 Å². The number of carbonyl (C=O) groups is 2. The summed E-state index contributed by atoms with van der Waals surface area (Å²) in [5, 5.41) is 8.62. The molecule has 1 aliphatic rings. The third-order valence-electron chi connectivity index (χ3n) is 2.74. The second-order valence-corrected chi connectivity index (χ2v) is 6.39. The zero-order chi connectivity index (χ0) is 14.6. The van der Waals surface area contributed by atoms with Crippen molar-refractivity contribution in [3.8, 4) is 0 Å². The molecule has 0 spiro atoms. The molecule has 2 unspecified atom stereocenters. The van der Waals surface area contributed by atoms with E-state index in [1.807, 2.05) is 20.8 Å². The highest BCUT2D eigenvalue weighted by molar-refractivity contribution is 14.1. The van der Waals surface area contributed by atoms with Gasteiger partial charge in [0.15, 0.2) is 0 Å². The van der Waals surface area contributed by atoms with E-state index < -0.39 is 11.8 Å². The molecule has 0 bridgehead atoms. The van der Waals surface area contributed by atoms with Crippen LogP contribution in [0.4, 0.5) is 9.59 Å². The lowest BCUT2D eigenvalue weighted by Crippen LogP contribution is -2.50. The van der Waals surface area contributed by atoms with Gasteiger partial charge in [-0.1, -0.05) is 22.6 Å². The fraction of sp³-hybridized carbons (Fsp3) is 0.833. The topological polar surface area (TPSA) is 76.1 Å². The summed E-state index contributed by atoms with van der Waals surface area (Å²) in [6.45, 7) is 5.93. The summed E-state index contributed by atoms with van der Waals surface area (Å²) in [7, 11) is 0. The molecule has 1 rings (SSSR count). The first kappa shape index (κ1) is 16.3. The van der Waals surface area contributed by atoms with Crippen LogP contribution in [-0.4, -0.2) is 51.0 Å². The molecule has 110 valence electrons. The van der Waals surface area contributed by atoms with E-state index in [9.17, 15) is 9.59 Å². The summed E-state index contributed by atoms with van der Waals surface area (Å²) in [6.07, 6.45) is -0.908. The third-order valence-corrected chi connectivity index (χ3v) is 3.76. The summed E-state index contributed by atoms with van der Waals surface area (Å²) in [6, 6.07) is -0.0476. The Morgan fingerprint density at radius 2 is 2.05 bits per heavy atom. The first-order valence-electron chi connectivity index (χ1n) is 6.18. The van der Waals surface area contributed by atoms with Gasteiger partial charge in [-0.15, -0.1) is 0 Å². The van der Waals surface area contributed by atoms with Crippen molar-refractivity contribution in [2.75, 3.05) is 11.0 Å². The lowest BCUT2D eigenvalue weighted by Gasteiger charge is -2.38. The smallest absolute Gasteiger partial charge is 0.450 e. The van der Waals surface area contributed by atoms with Crippen LogP contribution in [0.3, 0.4) is 0 Å². The number of amides is 1. The van der Waals surface area contributed by atoms with Crippen LogP contribution in [0.5, 0.6) is 0 Å². The number of nitrogens with zero attached hydrogens (tertiary/aromatic N) is 1. The quantitative estimate of drug-likeness (QED) is 0.450. The molecule has 0 radical (unpaired) electrons. The SMILES string of the molecule is CC(C)(C)OC(=O)N1CCC(OC(=O)O)CC1CI. The maximum Gasteiger partial charge on any atom is 0.506 e. The molecular weight excluding hydrogens is 365 g/mol. The standard InChI is InChI=1S/C12H20INO5/c1-12(2,3)19-10(15)14-5-4-9(18-11(16)17)6-8(14)7-13/h8-9H,4-7H2,1-3H3,(H,16,17). The Labute approximate surface area is 126 Å². The Balaban J connectivity index is 2.61.